The number of carbonyl (C=O) groups excluding carboxylic acids is 1. The lowest BCUT2D eigenvalue weighted by atomic mass is 9.94. The lowest BCUT2D eigenvalue weighted by molar-refractivity contribution is -0.133. The van der Waals surface area contributed by atoms with Crippen LogP contribution in [0.5, 0.6) is 0 Å². The van der Waals surface area contributed by atoms with Crippen LogP contribution in [0, 0.1) is 0 Å². The summed E-state index contributed by atoms with van der Waals surface area (Å²) in [4.78, 5) is 20.7. The van der Waals surface area contributed by atoms with E-state index in [0.717, 1.165) is 18.4 Å². The van der Waals surface area contributed by atoms with Crippen molar-refractivity contribution in [3.8, 4) is 11.4 Å². The second-order valence-corrected chi connectivity index (χ2v) is 7.27. The zero-order valence-corrected chi connectivity index (χ0v) is 15.1. The highest BCUT2D eigenvalue weighted by Crippen LogP contribution is 2.22. The molecule has 0 aliphatic heterocycles. The maximum Gasteiger partial charge on any atom is 0.241 e. The molecule has 1 fully saturated rings. The number of nitrogens with zero attached hydrogens (tertiary/aromatic N) is 4. The van der Waals surface area contributed by atoms with Gasteiger partial charge in [-0.05, 0) is 31.3 Å². The number of thiophene rings is 1. The van der Waals surface area contributed by atoms with Gasteiger partial charge in [-0.2, -0.15) is 16.3 Å². The van der Waals surface area contributed by atoms with E-state index in [1.165, 1.54) is 19.3 Å². The van der Waals surface area contributed by atoms with Crippen LogP contribution in [0.1, 0.15) is 38.0 Å². The first-order valence-electron chi connectivity index (χ1n) is 8.43. The lowest BCUT2D eigenvalue weighted by Crippen LogP contribution is -2.43. The van der Waals surface area contributed by atoms with Crippen LogP contribution in [0.25, 0.3) is 11.4 Å². The smallest absolute Gasteiger partial charge is 0.241 e. The van der Waals surface area contributed by atoms with E-state index in [4.69, 9.17) is 4.52 Å². The van der Waals surface area contributed by atoms with Crippen LogP contribution < -0.4 is 0 Å². The van der Waals surface area contributed by atoms with E-state index in [1.54, 1.807) is 11.3 Å². The molecule has 0 saturated heterocycles. The molecule has 3 rings (SSSR count). The van der Waals surface area contributed by atoms with Crippen molar-refractivity contribution in [2.75, 3.05) is 20.6 Å². The molecule has 0 N–H and O–H groups in total. The SMILES string of the molecule is CN(CC(=O)N(C)C1CCCCC1)Cc1nc(-c2ccsc2)no1. The summed E-state index contributed by atoms with van der Waals surface area (Å²) in [5.74, 6) is 1.29. The first-order chi connectivity index (χ1) is 11.6. The third-order valence-electron chi connectivity index (χ3n) is 4.57. The maximum absolute atomic E-state index is 12.5. The molecule has 1 aliphatic carbocycles. The zero-order valence-electron chi connectivity index (χ0n) is 14.3. The van der Waals surface area contributed by atoms with Crippen molar-refractivity contribution >= 4 is 17.2 Å². The number of hydrogen-bond donors (Lipinski definition) is 0. The summed E-state index contributed by atoms with van der Waals surface area (Å²) in [5.41, 5.74) is 0.964. The predicted octanol–water partition coefficient (Wildman–Crippen LogP) is 3.02. The molecule has 1 aliphatic rings. The largest absolute Gasteiger partial charge is 0.342 e. The van der Waals surface area contributed by atoms with Crippen molar-refractivity contribution < 1.29 is 9.32 Å². The molecule has 6 nitrogen and oxygen atoms in total. The Hall–Kier alpha value is -1.73. The summed E-state index contributed by atoms with van der Waals surface area (Å²) in [6.07, 6.45) is 6.00. The first-order valence-corrected chi connectivity index (χ1v) is 9.37. The minimum Gasteiger partial charge on any atom is -0.342 e. The van der Waals surface area contributed by atoms with Crippen molar-refractivity contribution in [3.63, 3.8) is 0 Å². The Kier molecular flexibility index (Phi) is 5.63. The fourth-order valence-corrected chi connectivity index (χ4v) is 3.76. The van der Waals surface area contributed by atoms with Gasteiger partial charge in [-0.3, -0.25) is 9.69 Å². The molecule has 1 saturated carbocycles. The Labute approximate surface area is 146 Å². The van der Waals surface area contributed by atoms with Gasteiger partial charge in [-0.25, -0.2) is 0 Å². The second-order valence-electron chi connectivity index (χ2n) is 6.49. The summed E-state index contributed by atoms with van der Waals surface area (Å²) in [5, 5.41) is 7.97. The quantitative estimate of drug-likeness (QED) is 0.803. The number of hydrogen-bond acceptors (Lipinski definition) is 6. The summed E-state index contributed by atoms with van der Waals surface area (Å²) >= 11 is 1.60. The number of likely N-dealkylation sites (N-methyl/N-ethyl adjacent to an activating group) is 2. The summed E-state index contributed by atoms with van der Waals surface area (Å²) in [6, 6.07) is 2.36. The molecule has 0 bridgehead atoms. The van der Waals surface area contributed by atoms with Gasteiger partial charge in [0, 0.05) is 24.0 Å². The molecule has 0 radical (unpaired) electrons. The third-order valence-corrected chi connectivity index (χ3v) is 5.26. The van der Waals surface area contributed by atoms with Crippen molar-refractivity contribution in [2.45, 2.75) is 44.7 Å². The standard InChI is InChI=1S/C17H24N4O2S/c1-20(11-16(22)21(2)14-6-4-3-5-7-14)10-15-18-17(19-23-15)13-8-9-24-12-13/h8-9,12,14H,3-7,10-11H2,1-2H3. The molecule has 2 aromatic heterocycles. The van der Waals surface area contributed by atoms with Crippen molar-refractivity contribution in [2.24, 2.45) is 0 Å². The van der Waals surface area contributed by atoms with Crippen LogP contribution in [0.2, 0.25) is 0 Å². The van der Waals surface area contributed by atoms with Crippen LogP contribution in [0.3, 0.4) is 0 Å². The minimum atomic E-state index is 0.155. The topological polar surface area (TPSA) is 62.5 Å². The molecule has 24 heavy (non-hydrogen) atoms. The number of carbonyl (C=O) groups is 1. The van der Waals surface area contributed by atoms with E-state index in [9.17, 15) is 4.79 Å². The molecule has 7 heteroatoms. The van der Waals surface area contributed by atoms with Gasteiger partial charge in [0.1, 0.15) is 0 Å². The van der Waals surface area contributed by atoms with Crippen LogP contribution in [-0.4, -0.2) is 52.5 Å². The van der Waals surface area contributed by atoms with Crippen LogP contribution in [0.15, 0.2) is 21.3 Å². The van der Waals surface area contributed by atoms with Gasteiger partial charge in [0.25, 0.3) is 0 Å². The van der Waals surface area contributed by atoms with E-state index in [-0.39, 0.29) is 5.91 Å². The van der Waals surface area contributed by atoms with Gasteiger partial charge in [-0.1, -0.05) is 24.4 Å². The maximum atomic E-state index is 12.5. The highest BCUT2D eigenvalue weighted by molar-refractivity contribution is 7.08. The number of aromatic nitrogens is 2. The monoisotopic (exact) mass is 348 g/mol. The molecular weight excluding hydrogens is 324 g/mol. The number of amides is 1. The minimum absolute atomic E-state index is 0.155. The molecule has 0 unspecified atom stereocenters. The average Bonchev–Trinajstić information content (AvgIpc) is 3.26. The van der Waals surface area contributed by atoms with Crippen molar-refractivity contribution in [1.82, 2.24) is 19.9 Å². The van der Waals surface area contributed by atoms with Gasteiger partial charge in [0.05, 0.1) is 13.1 Å². The summed E-state index contributed by atoms with van der Waals surface area (Å²) < 4.78 is 5.29. The Morgan fingerprint density at radius 3 is 2.83 bits per heavy atom. The highest BCUT2D eigenvalue weighted by Gasteiger charge is 2.23. The summed E-state index contributed by atoms with van der Waals surface area (Å²) in [6.45, 7) is 0.838. The first kappa shape index (κ1) is 17.1. The predicted molar refractivity (Wildman–Crippen MR) is 93.6 cm³/mol. The van der Waals surface area contributed by atoms with Gasteiger partial charge >= 0.3 is 0 Å². The molecular formula is C17H24N4O2S. The molecule has 2 heterocycles. The summed E-state index contributed by atoms with van der Waals surface area (Å²) in [7, 11) is 3.83. The van der Waals surface area contributed by atoms with Gasteiger partial charge in [-0.15, -0.1) is 0 Å². The zero-order chi connectivity index (χ0) is 16.9. The Morgan fingerprint density at radius 1 is 1.33 bits per heavy atom. The Balaban J connectivity index is 1.51. The number of rotatable bonds is 6. The van der Waals surface area contributed by atoms with E-state index in [2.05, 4.69) is 10.1 Å². The normalized spacial score (nSPS) is 15.8. The third kappa shape index (κ3) is 4.21. The van der Waals surface area contributed by atoms with Gasteiger partial charge in [0.15, 0.2) is 0 Å². The van der Waals surface area contributed by atoms with Crippen LogP contribution in [0.4, 0.5) is 0 Å². The molecule has 0 atom stereocenters. The van der Waals surface area contributed by atoms with Crippen LogP contribution >= 0.6 is 11.3 Å². The average molecular weight is 348 g/mol. The fourth-order valence-electron chi connectivity index (χ4n) is 3.13. The Bertz CT molecular complexity index is 649. The van der Waals surface area contributed by atoms with Crippen LogP contribution in [-0.2, 0) is 11.3 Å². The fraction of sp³-hybridized carbons (Fsp3) is 0.588. The van der Waals surface area contributed by atoms with E-state index >= 15 is 0 Å². The molecule has 0 spiro atoms. The van der Waals surface area contributed by atoms with Gasteiger partial charge in [0.2, 0.25) is 17.6 Å². The van der Waals surface area contributed by atoms with Crippen molar-refractivity contribution in [1.29, 1.82) is 0 Å². The molecule has 130 valence electrons. The van der Waals surface area contributed by atoms with Crippen molar-refractivity contribution in [3.05, 3.63) is 22.7 Å². The van der Waals surface area contributed by atoms with E-state index in [0.29, 0.717) is 30.8 Å². The molecule has 2 aromatic rings. The second kappa shape index (κ2) is 7.90. The highest BCUT2D eigenvalue weighted by atomic mass is 32.1. The van der Waals surface area contributed by atoms with Gasteiger partial charge < -0.3 is 9.42 Å². The molecule has 1 amide bonds. The van der Waals surface area contributed by atoms with E-state index in [1.807, 2.05) is 40.7 Å². The lowest BCUT2D eigenvalue weighted by Gasteiger charge is -2.32. The Morgan fingerprint density at radius 2 is 2.12 bits per heavy atom. The molecule has 0 aromatic carbocycles. The van der Waals surface area contributed by atoms with E-state index < -0.39 is 0 Å².